The number of fused-ring (bicyclic) bond motifs is 1. The summed E-state index contributed by atoms with van der Waals surface area (Å²) in [5.41, 5.74) is 4.07. The molecule has 2 saturated heterocycles. The average molecular weight is 905 g/mol. The van der Waals surface area contributed by atoms with Gasteiger partial charge in [-0.25, -0.2) is 23.1 Å². The van der Waals surface area contributed by atoms with Crippen molar-refractivity contribution < 1.29 is 27.6 Å². The number of rotatable bonds is 13. The van der Waals surface area contributed by atoms with Crippen LogP contribution in [0.2, 0.25) is 0 Å². The van der Waals surface area contributed by atoms with Crippen LogP contribution in [0, 0.1) is 34.3 Å². The molecule has 1 spiro atoms. The summed E-state index contributed by atoms with van der Waals surface area (Å²) in [6.45, 7) is 12.7. The van der Waals surface area contributed by atoms with Gasteiger partial charge in [0.15, 0.2) is 0 Å². The summed E-state index contributed by atoms with van der Waals surface area (Å²) in [6, 6.07) is 19.4. The van der Waals surface area contributed by atoms with Crippen molar-refractivity contribution in [2.75, 3.05) is 49.6 Å². The van der Waals surface area contributed by atoms with Gasteiger partial charge in [0.25, 0.3) is 15.9 Å². The first-order chi connectivity index (χ1) is 31.3. The average Bonchev–Trinajstić information content (AvgIpc) is 3.76. The summed E-state index contributed by atoms with van der Waals surface area (Å²) in [5, 5.41) is 16.1. The van der Waals surface area contributed by atoms with Crippen LogP contribution < -0.4 is 19.7 Å². The summed E-state index contributed by atoms with van der Waals surface area (Å²) in [4.78, 5) is 42.0. The number of nitro groups is 1. The van der Waals surface area contributed by atoms with E-state index < -0.39 is 31.4 Å². The molecule has 4 fully saturated rings. The molecule has 1 atom stereocenters. The van der Waals surface area contributed by atoms with Gasteiger partial charge in [0, 0.05) is 61.6 Å². The van der Waals surface area contributed by atoms with Gasteiger partial charge in [-0.05, 0) is 104 Å². The number of benzene rings is 2. The number of aryl methyl sites for hydroxylation is 1. The SMILES string of the molecule is Cc1nc(NCC2CCC(C)CC2)c([N+](=O)[O-])cc1S(=O)(=O)NC(=O)c1ccc(N2CCC3(CC2)CC(N2CCOC[C@H]2c2ccccc2C(C)C)C3)cc1Oc1cnc2[nH]ccc2c1. The Hall–Kier alpha value is -5.58. The highest BCUT2D eigenvalue weighted by atomic mass is 32.2. The van der Waals surface area contributed by atoms with Crippen LogP contribution >= 0.6 is 0 Å². The molecule has 5 heterocycles. The summed E-state index contributed by atoms with van der Waals surface area (Å²) >= 11 is 0. The molecule has 1 amide bonds. The number of amides is 1. The van der Waals surface area contributed by atoms with E-state index in [1.807, 2.05) is 12.1 Å². The van der Waals surface area contributed by atoms with Gasteiger partial charge in [0.05, 0.1) is 41.6 Å². The van der Waals surface area contributed by atoms with Crippen molar-refractivity contribution in [2.24, 2.45) is 17.3 Å². The van der Waals surface area contributed by atoms with Crippen molar-refractivity contribution in [1.82, 2.24) is 24.6 Å². The minimum absolute atomic E-state index is 0.00503. The topological polar surface area (TPSA) is 185 Å². The molecule has 9 rings (SSSR count). The molecule has 3 aromatic heterocycles. The fourth-order valence-electron chi connectivity index (χ4n) is 10.7. The molecule has 2 aromatic carbocycles. The molecule has 0 unspecified atom stereocenters. The van der Waals surface area contributed by atoms with Crippen LogP contribution in [0.4, 0.5) is 17.2 Å². The first-order valence-electron chi connectivity index (χ1n) is 23.2. The fraction of sp³-hybridized carbons (Fsp3) is 0.490. The number of aromatic amines is 1. The van der Waals surface area contributed by atoms with E-state index >= 15 is 0 Å². The lowest BCUT2D eigenvalue weighted by atomic mass is 9.59. The van der Waals surface area contributed by atoms with Crippen molar-refractivity contribution in [1.29, 1.82) is 0 Å². The minimum atomic E-state index is -4.63. The summed E-state index contributed by atoms with van der Waals surface area (Å²) in [6.07, 6.45) is 11.9. The third-order valence-electron chi connectivity index (χ3n) is 14.5. The number of ether oxygens (including phenoxy) is 2. The third kappa shape index (κ3) is 9.43. The number of H-pyrrole nitrogens is 1. The molecule has 344 valence electrons. The lowest BCUT2D eigenvalue weighted by Crippen LogP contribution is -2.58. The number of hydrogen-bond donors (Lipinski definition) is 3. The van der Waals surface area contributed by atoms with Crippen molar-refractivity contribution in [3.63, 3.8) is 0 Å². The number of piperidine rings is 1. The van der Waals surface area contributed by atoms with Gasteiger partial charge in [0.1, 0.15) is 22.0 Å². The molecule has 4 aliphatic rings. The van der Waals surface area contributed by atoms with Crippen LogP contribution in [0.5, 0.6) is 11.5 Å². The van der Waals surface area contributed by atoms with Crippen LogP contribution in [-0.4, -0.2) is 84.5 Å². The van der Waals surface area contributed by atoms with E-state index in [1.165, 1.54) is 18.1 Å². The Labute approximate surface area is 380 Å². The second-order valence-electron chi connectivity index (χ2n) is 19.2. The normalized spacial score (nSPS) is 21.6. The Morgan fingerprint density at radius 3 is 2.57 bits per heavy atom. The molecule has 0 bridgehead atoms. The Bertz CT molecular complexity index is 2660. The van der Waals surface area contributed by atoms with E-state index in [0.717, 1.165) is 94.7 Å². The van der Waals surface area contributed by atoms with Gasteiger partial charge >= 0.3 is 5.69 Å². The van der Waals surface area contributed by atoms with Crippen LogP contribution in [0.3, 0.4) is 0 Å². The fourth-order valence-corrected chi connectivity index (χ4v) is 11.9. The molecule has 16 heteroatoms. The highest BCUT2D eigenvalue weighted by Gasteiger charge is 2.49. The standard InChI is InChI=1S/C49H60N8O7S/c1-31(2)39-7-5-6-8-40(39)43-30-63-22-21-56(43)37-26-49(27-37)16-19-55(20-17-49)36-13-14-41(44(24-36)64-38-23-35-15-18-50-46(35)52-29-38)48(58)54-65(61,62)45-25-42(57(59)60)47(53-33(45)4)51-28-34-11-9-32(3)10-12-34/h5-8,13-15,18,23-25,29,31-32,34,37,43H,9-12,16-17,19-22,26-28,30H2,1-4H3,(H,50,52)(H,51,53)(H,54,58)/t32?,34?,43-/m0/s1. The molecule has 2 aliphatic heterocycles. The number of carbonyl (C=O) groups excluding carboxylic acids is 1. The number of nitrogens with one attached hydrogen (secondary N) is 3. The predicted molar refractivity (Wildman–Crippen MR) is 250 cm³/mol. The zero-order valence-electron chi connectivity index (χ0n) is 37.7. The van der Waals surface area contributed by atoms with E-state index in [9.17, 15) is 23.3 Å². The Balaban J connectivity index is 0.913. The smallest absolute Gasteiger partial charge is 0.312 e. The van der Waals surface area contributed by atoms with Gasteiger partial charge in [0.2, 0.25) is 5.82 Å². The van der Waals surface area contributed by atoms with Gasteiger partial charge in [-0.1, -0.05) is 57.9 Å². The number of nitrogens with zero attached hydrogens (tertiary/aromatic N) is 5. The lowest BCUT2D eigenvalue weighted by molar-refractivity contribution is -0.384. The quantitative estimate of drug-likeness (QED) is 0.0753. The van der Waals surface area contributed by atoms with Crippen molar-refractivity contribution >= 4 is 44.2 Å². The molecule has 65 heavy (non-hydrogen) atoms. The highest BCUT2D eigenvalue weighted by molar-refractivity contribution is 7.90. The molecular formula is C49H60N8O7S. The van der Waals surface area contributed by atoms with E-state index in [2.05, 4.69) is 79.8 Å². The largest absolute Gasteiger partial charge is 0.455 e. The maximum atomic E-state index is 14.1. The van der Waals surface area contributed by atoms with E-state index in [1.54, 1.807) is 30.6 Å². The van der Waals surface area contributed by atoms with E-state index in [-0.39, 0.29) is 34.3 Å². The van der Waals surface area contributed by atoms with Crippen molar-refractivity contribution in [3.8, 4) is 11.5 Å². The van der Waals surface area contributed by atoms with Gasteiger partial charge in [-0.2, -0.15) is 0 Å². The van der Waals surface area contributed by atoms with Gasteiger partial charge in [-0.15, -0.1) is 0 Å². The summed E-state index contributed by atoms with van der Waals surface area (Å²) in [5.74, 6) is 1.00. The molecule has 2 aliphatic carbocycles. The molecule has 0 radical (unpaired) electrons. The number of hydrogen-bond acceptors (Lipinski definition) is 12. The van der Waals surface area contributed by atoms with Crippen LogP contribution in [0.15, 0.2) is 78.0 Å². The molecule has 3 N–H and O–H groups in total. The first kappa shape index (κ1) is 44.6. The summed E-state index contributed by atoms with van der Waals surface area (Å²) in [7, 11) is -4.63. The number of anilines is 2. The highest BCUT2D eigenvalue weighted by Crippen LogP contribution is 2.53. The summed E-state index contributed by atoms with van der Waals surface area (Å²) < 4.78 is 42.4. The number of carbonyl (C=O) groups is 1. The number of pyridine rings is 2. The van der Waals surface area contributed by atoms with Crippen molar-refractivity contribution in [2.45, 2.75) is 102 Å². The first-order valence-corrected chi connectivity index (χ1v) is 24.6. The van der Waals surface area contributed by atoms with Crippen LogP contribution in [0.25, 0.3) is 11.0 Å². The number of aromatic nitrogens is 3. The second-order valence-corrected chi connectivity index (χ2v) is 20.8. The molecular weight excluding hydrogens is 845 g/mol. The Kier molecular flexibility index (Phi) is 12.6. The molecule has 2 saturated carbocycles. The van der Waals surface area contributed by atoms with E-state index in [0.29, 0.717) is 48.3 Å². The lowest BCUT2D eigenvalue weighted by Gasteiger charge is -2.57. The third-order valence-corrected chi connectivity index (χ3v) is 16.0. The number of morpholine rings is 1. The van der Waals surface area contributed by atoms with E-state index in [4.69, 9.17) is 9.47 Å². The Morgan fingerprint density at radius 1 is 1.05 bits per heavy atom. The second kappa shape index (κ2) is 18.4. The maximum absolute atomic E-state index is 14.1. The van der Waals surface area contributed by atoms with Gasteiger partial charge in [-0.3, -0.25) is 19.8 Å². The van der Waals surface area contributed by atoms with Gasteiger partial charge < -0.3 is 24.7 Å². The predicted octanol–water partition coefficient (Wildman–Crippen LogP) is 9.27. The monoisotopic (exact) mass is 904 g/mol. The van der Waals surface area contributed by atoms with Crippen molar-refractivity contribution in [3.05, 3.63) is 106 Å². The molecule has 5 aromatic rings. The van der Waals surface area contributed by atoms with Crippen LogP contribution in [-0.2, 0) is 14.8 Å². The molecule has 15 nitrogen and oxygen atoms in total. The minimum Gasteiger partial charge on any atom is -0.455 e. The Morgan fingerprint density at radius 2 is 1.82 bits per heavy atom. The number of sulfonamides is 1. The zero-order valence-corrected chi connectivity index (χ0v) is 38.5. The van der Waals surface area contributed by atoms with Crippen LogP contribution in [0.1, 0.15) is 111 Å². The zero-order chi connectivity index (χ0) is 45.5. The maximum Gasteiger partial charge on any atom is 0.312 e.